The highest BCUT2D eigenvalue weighted by Crippen LogP contribution is 2.20. The van der Waals surface area contributed by atoms with E-state index in [9.17, 15) is 19.5 Å². The van der Waals surface area contributed by atoms with Gasteiger partial charge < -0.3 is 20.1 Å². The van der Waals surface area contributed by atoms with Crippen LogP contribution in [0.3, 0.4) is 0 Å². The second kappa shape index (κ2) is 12.2. The van der Waals surface area contributed by atoms with Crippen LogP contribution in [0, 0.1) is 11.8 Å². The lowest BCUT2D eigenvalue weighted by molar-refractivity contribution is -0.143. The molecule has 0 radical (unpaired) electrons. The molecule has 2 N–H and O–H groups in total. The molecule has 1 fully saturated rings. The van der Waals surface area contributed by atoms with Gasteiger partial charge >= 0.3 is 0 Å². The first-order valence-corrected chi connectivity index (χ1v) is 12.3. The number of hydrogen-bond acceptors (Lipinski definition) is 6. The van der Waals surface area contributed by atoms with E-state index in [1.807, 2.05) is 12.1 Å². The summed E-state index contributed by atoms with van der Waals surface area (Å²) >= 11 is 0. The van der Waals surface area contributed by atoms with Crippen LogP contribution in [0.25, 0.3) is 0 Å². The highest BCUT2D eigenvalue weighted by Gasteiger charge is 2.46. The molecule has 1 aliphatic rings. The molecule has 8 heteroatoms. The van der Waals surface area contributed by atoms with Gasteiger partial charge in [0.05, 0.1) is 12.2 Å². The van der Waals surface area contributed by atoms with Crippen LogP contribution in [0.5, 0.6) is 0 Å². The van der Waals surface area contributed by atoms with Crippen molar-refractivity contribution in [1.29, 1.82) is 0 Å². The Labute approximate surface area is 218 Å². The molecule has 2 aromatic carbocycles. The average molecular weight is 506 g/mol. The van der Waals surface area contributed by atoms with Gasteiger partial charge in [0.1, 0.15) is 6.61 Å². The van der Waals surface area contributed by atoms with Crippen LogP contribution in [-0.4, -0.2) is 84.0 Å². The molecule has 0 aliphatic carbocycles. The minimum absolute atomic E-state index is 0.260. The molecule has 8 nitrogen and oxygen atoms in total. The van der Waals surface area contributed by atoms with E-state index in [4.69, 9.17) is 4.74 Å². The molecule has 0 bridgehead atoms. The number of likely N-dealkylation sites (tertiary alicyclic amines) is 1. The topological polar surface area (TPSA) is 99.2 Å². The zero-order chi connectivity index (χ0) is 27.2. The van der Waals surface area contributed by atoms with Crippen LogP contribution in [-0.2, 0) is 20.9 Å². The van der Waals surface area contributed by atoms with Crippen LogP contribution < -0.4 is 5.32 Å². The van der Waals surface area contributed by atoms with Crippen LogP contribution in [0.2, 0.25) is 0 Å². The molecule has 0 saturated carbocycles. The van der Waals surface area contributed by atoms with Crippen molar-refractivity contribution >= 4 is 17.6 Å². The van der Waals surface area contributed by atoms with Crippen LogP contribution in [0.1, 0.15) is 47.8 Å². The third-order valence-corrected chi connectivity index (χ3v) is 6.56. The van der Waals surface area contributed by atoms with Crippen molar-refractivity contribution in [2.75, 3.05) is 33.8 Å². The maximum Gasteiger partial charge on any atom is 0.254 e. The minimum atomic E-state index is -1.83. The number of carbonyl (C=O) groups is 3. The van der Waals surface area contributed by atoms with Crippen molar-refractivity contribution < 1.29 is 24.2 Å². The van der Waals surface area contributed by atoms with E-state index >= 15 is 0 Å². The first kappa shape index (κ1) is 28.1. The van der Waals surface area contributed by atoms with Crippen LogP contribution >= 0.6 is 0 Å². The zero-order valence-corrected chi connectivity index (χ0v) is 22.1. The Morgan fingerprint density at radius 2 is 1.62 bits per heavy atom. The van der Waals surface area contributed by atoms with Crippen molar-refractivity contribution in [3.63, 3.8) is 0 Å². The molecule has 0 aromatic heterocycles. The maximum absolute atomic E-state index is 13.0. The van der Waals surface area contributed by atoms with Crippen molar-refractivity contribution in [2.45, 2.75) is 45.1 Å². The lowest BCUT2D eigenvalue weighted by Gasteiger charge is -2.39. The molecule has 2 aromatic rings. The fraction of sp³-hybridized carbons (Fsp3) is 0.414. The Hall–Kier alpha value is -3.51. The predicted octanol–water partition coefficient (Wildman–Crippen LogP) is 1.83. The van der Waals surface area contributed by atoms with Gasteiger partial charge in [-0.1, -0.05) is 24.0 Å². The quantitative estimate of drug-likeness (QED) is 0.399. The van der Waals surface area contributed by atoms with E-state index in [1.54, 1.807) is 24.3 Å². The van der Waals surface area contributed by atoms with E-state index in [1.165, 1.54) is 26.6 Å². The fourth-order valence-corrected chi connectivity index (χ4v) is 4.17. The maximum atomic E-state index is 13.0. The van der Waals surface area contributed by atoms with Gasteiger partial charge in [0.25, 0.3) is 11.8 Å². The number of likely N-dealkylation sites (N-methyl/N-ethyl adjacent to an activating group) is 2. The Morgan fingerprint density at radius 3 is 2.11 bits per heavy atom. The van der Waals surface area contributed by atoms with Crippen molar-refractivity contribution in [2.24, 2.45) is 0 Å². The Balaban J connectivity index is 1.61. The molecule has 1 atom stereocenters. The van der Waals surface area contributed by atoms with Gasteiger partial charge in [0, 0.05) is 50.4 Å². The Bertz CT molecular complexity index is 1160. The summed E-state index contributed by atoms with van der Waals surface area (Å²) in [5, 5.41) is 11.7. The number of aliphatic hydroxyl groups is 1. The number of carbonyl (C=O) groups excluding carboxylic acids is 3. The number of nitrogens with zero attached hydrogens (tertiary/aromatic N) is 2. The largest absolute Gasteiger partial charge is 0.388 e. The number of amides is 2. The van der Waals surface area contributed by atoms with E-state index in [0.29, 0.717) is 11.7 Å². The molecule has 1 heterocycles. The third-order valence-electron chi connectivity index (χ3n) is 6.56. The lowest BCUT2D eigenvalue weighted by Crippen LogP contribution is -2.62. The molecular weight excluding hydrogens is 470 g/mol. The molecule has 3 rings (SSSR count). The van der Waals surface area contributed by atoms with Gasteiger partial charge in [-0.05, 0) is 62.7 Å². The molecule has 0 spiro atoms. The SMILES string of the molecule is CNC(=O)[C@@](C)(C(=O)CO)N(C)C(=O)c1ccc(C#Cc2ccc(CN3CC(OC(C)C)C3)cc2)cc1. The molecule has 196 valence electrons. The van der Waals surface area contributed by atoms with Crippen LogP contribution in [0.15, 0.2) is 48.5 Å². The number of ether oxygens (including phenoxy) is 1. The number of nitrogens with one attached hydrogen (secondary N) is 1. The van der Waals surface area contributed by atoms with E-state index < -0.39 is 29.7 Å². The monoisotopic (exact) mass is 505 g/mol. The van der Waals surface area contributed by atoms with Gasteiger partial charge in [0.2, 0.25) is 0 Å². The van der Waals surface area contributed by atoms with Crippen LogP contribution in [0.4, 0.5) is 0 Å². The lowest BCUT2D eigenvalue weighted by atomic mass is 9.92. The third kappa shape index (κ3) is 6.63. The number of rotatable bonds is 9. The standard InChI is InChI=1S/C29H35N3O5/c1-20(2)37-25-17-32(18-25)16-23-10-8-21(9-11-23)6-7-22-12-14-24(15-13-22)27(35)31(5)29(3,26(34)19-33)28(36)30-4/h8-15,20,25,33H,16-19H2,1-5H3,(H,30,36)/t29-/m1/s1. The van der Waals surface area contributed by atoms with Gasteiger partial charge in [-0.2, -0.15) is 0 Å². The van der Waals surface area contributed by atoms with E-state index in [0.717, 1.165) is 35.7 Å². The second-order valence-corrected chi connectivity index (χ2v) is 9.62. The average Bonchev–Trinajstić information content (AvgIpc) is 2.89. The summed E-state index contributed by atoms with van der Waals surface area (Å²) < 4.78 is 5.80. The van der Waals surface area contributed by atoms with Crippen molar-refractivity contribution in [3.05, 3.63) is 70.8 Å². The van der Waals surface area contributed by atoms with Crippen molar-refractivity contribution in [1.82, 2.24) is 15.1 Å². The summed E-state index contributed by atoms with van der Waals surface area (Å²) in [5.74, 6) is 4.26. The number of hydrogen-bond donors (Lipinski definition) is 2. The number of benzene rings is 2. The minimum Gasteiger partial charge on any atom is -0.388 e. The first-order valence-electron chi connectivity index (χ1n) is 12.3. The predicted molar refractivity (Wildman–Crippen MR) is 141 cm³/mol. The molecule has 37 heavy (non-hydrogen) atoms. The van der Waals surface area contributed by atoms with Gasteiger partial charge in [-0.3, -0.25) is 19.3 Å². The second-order valence-electron chi connectivity index (χ2n) is 9.62. The normalized spacial score (nSPS) is 15.2. The summed E-state index contributed by atoms with van der Waals surface area (Å²) in [5.41, 5.74) is 1.30. The van der Waals surface area contributed by atoms with Crippen molar-refractivity contribution in [3.8, 4) is 11.8 Å². The summed E-state index contributed by atoms with van der Waals surface area (Å²) in [6.45, 7) is 7.37. The van der Waals surface area contributed by atoms with Gasteiger partial charge in [-0.25, -0.2) is 0 Å². The smallest absolute Gasteiger partial charge is 0.254 e. The van der Waals surface area contributed by atoms with Gasteiger partial charge in [-0.15, -0.1) is 0 Å². The highest BCUT2D eigenvalue weighted by molar-refractivity contribution is 6.14. The van der Waals surface area contributed by atoms with E-state index in [2.05, 4.69) is 48.0 Å². The summed E-state index contributed by atoms with van der Waals surface area (Å²) in [6, 6.07) is 14.8. The fourth-order valence-electron chi connectivity index (χ4n) is 4.17. The summed E-state index contributed by atoms with van der Waals surface area (Å²) in [4.78, 5) is 41.0. The Morgan fingerprint density at radius 1 is 1.08 bits per heavy atom. The highest BCUT2D eigenvalue weighted by atomic mass is 16.5. The molecule has 2 amide bonds. The summed E-state index contributed by atoms with van der Waals surface area (Å²) in [6.07, 6.45) is 0.589. The number of aliphatic hydroxyl groups excluding tert-OH is 1. The first-order chi connectivity index (χ1) is 17.6. The molecule has 1 saturated heterocycles. The zero-order valence-electron chi connectivity index (χ0n) is 22.1. The Kier molecular flexibility index (Phi) is 9.22. The molecule has 1 aliphatic heterocycles. The van der Waals surface area contributed by atoms with E-state index in [-0.39, 0.29) is 6.10 Å². The molecule has 0 unspecified atom stereocenters. The number of ketones is 1. The van der Waals surface area contributed by atoms with Gasteiger partial charge in [0.15, 0.2) is 11.3 Å². The molecular formula is C29H35N3O5. The number of Topliss-reactive ketones (excluding diaryl/α,β-unsaturated/α-hetero) is 1. The summed E-state index contributed by atoms with van der Waals surface area (Å²) in [7, 11) is 2.73.